The number of rotatable bonds is 2. The fraction of sp³-hybridized carbons (Fsp3) is 0.526. The quantitative estimate of drug-likeness (QED) is 0.607. The van der Waals surface area contributed by atoms with Crippen LogP contribution in [0.5, 0.6) is 0 Å². The molecule has 2 amide bonds. The Morgan fingerprint density at radius 2 is 1.84 bits per heavy atom. The lowest BCUT2D eigenvalue weighted by Gasteiger charge is -2.59. The van der Waals surface area contributed by atoms with E-state index < -0.39 is 17.6 Å². The van der Waals surface area contributed by atoms with Crippen molar-refractivity contribution in [3.8, 4) is 0 Å². The molecule has 2 heterocycles. The highest BCUT2D eigenvalue weighted by molar-refractivity contribution is 6.41. The highest BCUT2D eigenvalue weighted by Crippen LogP contribution is 2.51. The summed E-state index contributed by atoms with van der Waals surface area (Å²) in [6.07, 6.45) is 3.49. The van der Waals surface area contributed by atoms with Crippen molar-refractivity contribution in [3.05, 3.63) is 35.6 Å². The number of likely N-dealkylation sites (N-methyl/N-ethyl adjacent to an activating group) is 1. The average molecular weight is 344 g/mol. The number of Topliss-reactive ketones (excluding diaryl/α,β-unsaturated/α-hetero) is 1. The van der Waals surface area contributed by atoms with Crippen molar-refractivity contribution in [3.63, 3.8) is 0 Å². The second kappa shape index (κ2) is 5.64. The van der Waals surface area contributed by atoms with Crippen LogP contribution in [0.4, 0.5) is 4.39 Å². The first kappa shape index (κ1) is 16.2. The summed E-state index contributed by atoms with van der Waals surface area (Å²) in [6, 6.07) is 6.01. The lowest BCUT2D eigenvalue weighted by Crippen LogP contribution is -2.71. The van der Waals surface area contributed by atoms with Gasteiger partial charge < -0.3 is 9.80 Å². The Balaban J connectivity index is 1.59. The van der Waals surface area contributed by atoms with E-state index in [-0.39, 0.29) is 23.2 Å². The number of carbonyl (C=O) groups is 3. The molecule has 132 valence electrons. The number of fused-ring (bicyclic) bond motifs is 2. The molecule has 0 radical (unpaired) electrons. The largest absolute Gasteiger partial charge is 0.338 e. The van der Waals surface area contributed by atoms with Gasteiger partial charge in [-0.05, 0) is 43.4 Å². The normalized spacial score (nSPS) is 28.2. The molecule has 1 aliphatic carbocycles. The summed E-state index contributed by atoms with van der Waals surface area (Å²) in [5.74, 6) is -2.60. The molecule has 0 bridgehead atoms. The minimum Gasteiger partial charge on any atom is -0.338 e. The summed E-state index contributed by atoms with van der Waals surface area (Å²) in [7, 11) is 1.70. The van der Waals surface area contributed by atoms with Gasteiger partial charge in [-0.1, -0.05) is 12.1 Å². The molecule has 25 heavy (non-hydrogen) atoms. The summed E-state index contributed by atoms with van der Waals surface area (Å²) in [4.78, 5) is 41.2. The number of hydrogen-bond donors (Lipinski definition) is 0. The topological polar surface area (TPSA) is 57.7 Å². The van der Waals surface area contributed by atoms with E-state index in [1.54, 1.807) is 29.0 Å². The molecular weight excluding hydrogens is 323 g/mol. The Kier molecular flexibility index (Phi) is 3.67. The van der Waals surface area contributed by atoms with E-state index in [0.717, 1.165) is 31.2 Å². The highest BCUT2D eigenvalue weighted by atomic mass is 19.1. The predicted octanol–water partition coefficient (Wildman–Crippen LogP) is 1.75. The van der Waals surface area contributed by atoms with Crippen LogP contribution in [0.25, 0.3) is 0 Å². The Morgan fingerprint density at radius 3 is 2.44 bits per heavy atom. The Hall–Kier alpha value is -2.24. The van der Waals surface area contributed by atoms with E-state index in [4.69, 9.17) is 0 Å². The summed E-state index contributed by atoms with van der Waals surface area (Å²) < 4.78 is 13.1. The predicted molar refractivity (Wildman–Crippen MR) is 87.8 cm³/mol. The van der Waals surface area contributed by atoms with Crippen LogP contribution in [0, 0.1) is 17.7 Å². The third kappa shape index (κ3) is 2.30. The van der Waals surface area contributed by atoms with Gasteiger partial charge in [0.15, 0.2) is 0 Å². The van der Waals surface area contributed by atoms with Crippen molar-refractivity contribution >= 4 is 17.6 Å². The van der Waals surface area contributed by atoms with Crippen LogP contribution >= 0.6 is 0 Å². The van der Waals surface area contributed by atoms with Crippen molar-refractivity contribution in [1.29, 1.82) is 0 Å². The molecule has 2 atom stereocenters. The van der Waals surface area contributed by atoms with Crippen LogP contribution in [-0.2, 0) is 20.9 Å². The molecule has 3 aliphatic rings. The van der Waals surface area contributed by atoms with Crippen molar-refractivity contribution in [2.24, 2.45) is 11.8 Å². The fourth-order valence-corrected chi connectivity index (χ4v) is 4.78. The number of benzene rings is 1. The summed E-state index contributed by atoms with van der Waals surface area (Å²) in [5, 5.41) is 0. The first-order valence-corrected chi connectivity index (χ1v) is 8.79. The molecule has 0 aromatic heterocycles. The van der Waals surface area contributed by atoms with Crippen LogP contribution < -0.4 is 0 Å². The number of nitrogens with zero attached hydrogens (tertiary/aromatic N) is 2. The van der Waals surface area contributed by atoms with Crippen LogP contribution in [0.2, 0.25) is 0 Å². The standard InChI is InChI=1S/C19H21FN2O3/c1-21-18(25)16(23)15-14(19(21)8-2-9-19)7-10-22(17(15)24)11-12-3-5-13(20)6-4-12/h3-6,14-15H,2,7-11H2,1H3. The summed E-state index contributed by atoms with van der Waals surface area (Å²) in [5.41, 5.74) is 0.506. The van der Waals surface area contributed by atoms with Gasteiger partial charge in [-0.25, -0.2) is 4.39 Å². The van der Waals surface area contributed by atoms with E-state index in [1.807, 2.05) is 0 Å². The third-order valence-corrected chi connectivity index (χ3v) is 6.35. The summed E-state index contributed by atoms with van der Waals surface area (Å²) >= 11 is 0. The van der Waals surface area contributed by atoms with Crippen molar-refractivity contribution in [2.75, 3.05) is 13.6 Å². The molecule has 3 fully saturated rings. The van der Waals surface area contributed by atoms with Crippen LogP contribution in [-0.4, -0.2) is 46.5 Å². The first-order chi connectivity index (χ1) is 11.9. The Morgan fingerprint density at radius 1 is 1.16 bits per heavy atom. The maximum Gasteiger partial charge on any atom is 0.291 e. The van der Waals surface area contributed by atoms with Gasteiger partial charge in [-0.15, -0.1) is 0 Å². The maximum atomic E-state index is 13.1. The Labute approximate surface area is 145 Å². The molecule has 2 aliphatic heterocycles. The molecule has 1 aromatic carbocycles. The van der Waals surface area contributed by atoms with Crippen LogP contribution in [0.15, 0.2) is 24.3 Å². The number of hydrogen-bond acceptors (Lipinski definition) is 3. The number of amides is 2. The second-order valence-corrected chi connectivity index (χ2v) is 7.44. The van der Waals surface area contributed by atoms with Crippen LogP contribution in [0.1, 0.15) is 31.2 Å². The molecule has 4 rings (SSSR count). The van der Waals surface area contributed by atoms with Gasteiger partial charge in [0, 0.05) is 31.6 Å². The molecule has 1 saturated carbocycles. The smallest absolute Gasteiger partial charge is 0.291 e. The van der Waals surface area contributed by atoms with Gasteiger partial charge in [-0.2, -0.15) is 0 Å². The number of carbonyl (C=O) groups excluding carboxylic acids is 3. The van der Waals surface area contributed by atoms with E-state index in [1.165, 1.54) is 12.1 Å². The van der Waals surface area contributed by atoms with Gasteiger partial charge >= 0.3 is 0 Å². The lowest BCUT2D eigenvalue weighted by atomic mass is 9.57. The fourth-order valence-electron chi connectivity index (χ4n) is 4.78. The molecule has 5 nitrogen and oxygen atoms in total. The second-order valence-electron chi connectivity index (χ2n) is 7.44. The van der Waals surface area contributed by atoms with Gasteiger partial charge in [0.2, 0.25) is 11.7 Å². The molecule has 0 N–H and O–H groups in total. The minimum absolute atomic E-state index is 0.0755. The molecule has 1 spiro atoms. The lowest BCUT2D eigenvalue weighted by molar-refractivity contribution is -0.177. The van der Waals surface area contributed by atoms with E-state index in [9.17, 15) is 18.8 Å². The Bertz CT molecular complexity index is 742. The summed E-state index contributed by atoms with van der Waals surface area (Å²) in [6.45, 7) is 0.904. The monoisotopic (exact) mass is 344 g/mol. The molecule has 2 saturated heterocycles. The third-order valence-electron chi connectivity index (χ3n) is 6.35. The number of halogens is 1. The van der Waals surface area contributed by atoms with Crippen molar-refractivity contribution in [1.82, 2.24) is 9.80 Å². The number of piperidine rings is 2. The van der Waals surface area contributed by atoms with Gasteiger partial charge in [0.25, 0.3) is 5.91 Å². The van der Waals surface area contributed by atoms with E-state index in [2.05, 4.69) is 0 Å². The van der Waals surface area contributed by atoms with Crippen molar-refractivity contribution in [2.45, 2.75) is 37.8 Å². The van der Waals surface area contributed by atoms with Gasteiger partial charge in [0.1, 0.15) is 11.7 Å². The van der Waals surface area contributed by atoms with E-state index >= 15 is 0 Å². The maximum absolute atomic E-state index is 13.1. The van der Waals surface area contributed by atoms with Gasteiger partial charge in [0.05, 0.1) is 0 Å². The van der Waals surface area contributed by atoms with Gasteiger partial charge in [-0.3, -0.25) is 14.4 Å². The zero-order chi connectivity index (χ0) is 17.8. The molecule has 2 unspecified atom stereocenters. The molecule has 6 heteroatoms. The highest BCUT2D eigenvalue weighted by Gasteiger charge is 2.61. The average Bonchev–Trinajstić information content (AvgIpc) is 2.56. The van der Waals surface area contributed by atoms with E-state index in [0.29, 0.717) is 13.1 Å². The van der Waals surface area contributed by atoms with Crippen molar-refractivity contribution < 1.29 is 18.8 Å². The first-order valence-electron chi connectivity index (χ1n) is 8.79. The minimum atomic E-state index is -0.849. The molecule has 1 aromatic rings. The molecular formula is C19H21FN2O3. The SMILES string of the molecule is CN1C(=O)C(=O)C2C(=O)N(Cc3ccc(F)cc3)CCC2C12CCC2. The zero-order valence-corrected chi connectivity index (χ0v) is 14.2. The number of likely N-dealkylation sites (tertiary alicyclic amines) is 2. The van der Waals surface area contributed by atoms with Crippen LogP contribution in [0.3, 0.4) is 0 Å². The number of ketones is 1. The zero-order valence-electron chi connectivity index (χ0n) is 14.2.